The maximum Gasteiger partial charge on any atom is 0.310 e. The fraction of sp³-hybridized carbons (Fsp3) is 0.278. The molecule has 0 aliphatic rings. The minimum Gasteiger partial charge on any atom is -0.487 e. The zero-order valence-corrected chi connectivity index (χ0v) is 13.7. The Bertz CT molecular complexity index is 723. The number of benzene rings is 2. The Morgan fingerprint density at radius 3 is 2.50 bits per heavy atom. The number of hydrogen-bond donors (Lipinski definition) is 1. The Hall–Kier alpha value is -2.89. The lowest BCUT2D eigenvalue weighted by Crippen LogP contribution is -2.13. The number of amides is 1. The Morgan fingerprint density at radius 2 is 1.83 bits per heavy atom. The van der Waals surface area contributed by atoms with Gasteiger partial charge in [-0.2, -0.15) is 0 Å². The first-order chi connectivity index (χ1) is 11.5. The standard InChI is InChI=1S/C18H20N2O4/c1-13-10-14(2)12-15(11-13)19-18(21)8-5-9-24-17-7-4-3-6-16(17)20(22)23/h3-4,6-7,10-12H,5,8-9H2,1-2H3,(H,19,21). The lowest BCUT2D eigenvalue weighted by atomic mass is 10.1. The average Bonchev–Trinajstić information content (AvgIpc) is 2.50. The number of aryl methyl sites for hydroxylation is 2. The van der Waals surface area contributed by atoms with Crippen molar-refractivity contribution < 1.29 is 14.5 Å². The van der Waals surface area contributed by atoms with Crippen LogP contribution in [0.25, 0.3) is 0 Å². The van der Waals surface area contributed by atoms with Crippen LogP contribution in [0.4, 0.5) is 11.4 Å². The third-order valence-electron chi connectivity index (χ3n) is 3.37. The first-order valence-electron chi connectivity index (χ1n) is 7.70. The molecule has 0 saturated carbocycles. The number of rotatable bonds is 7. The highest BCUT2D eigenvalue weighted by Gasteiger charge is 2.13. The summed E-state index contributed by atoms with van der Waals surface area (Å²) in [7, 11) is 0. The van der Waals surface area contributed by atoms with Crippen molar-refractivity contribution in [2.24, 2.45) is 0 Å². The van der Waals surface area contributed by atoms with Gasteiger partial charge in [0.15, 0.2) is 5.75 Å². The molecule has 0 bridgehead atoms. The van der Waals surface area contributed by atoms with Crippen LogP contribution < -0.4 is 10.1 Å². The Labute approximate surface area is 140 Å². The number of carbonyl (C=O) groups is 1. The molecule has 0 radical (unpaired) electrons. The second kappa shape index (κ2) is 8.10. The van der Waals surface area contributed by atoms with Crippen LogP contribution in [0.15, 0.2) is 42.5 Å². The van der Waals surface area contributed by atoms with Crippen LogP contribution in [0.1, 0.15) is 24.0 Å². The summed E-state index contributed by atoms with van der Waals surface area (Å²) in [5.74, 6) is 0.114. The van der Waals surface area contributed by atoms with Crippen LogP contribution >= 0.6 is 0 Å². The van der Waals surface area contributed by atoms with Gasteiger partial charge in [0.25, 0.3) is 0 Å². The van der Waals surface area contributed by atoms with Crippen LogP contribution in [0.3, 0.4) is 0 Å². The molecule has 2 rings (SSSR count). The fourth-order valence-corrected chi connectivity index (χ4v) is 2.42. The molecule has 0 spiro atoms. The molecule has 126 valence electrons. The van der Waals surface area contributed by atoms with E-state index in [1.165, 1.54) is 6.07 Å². The minimum atomic E-state index is -0.484. The number of ether oxygens (including phenoxy) is 1. The molecule has 6 heteroatoms. The number of nitro benzene ring substituents is 1. The topological polar surface area (TPSA) is 81.5 Å². The molecule has 0 saturated heterocycles. The van der Waals surface area contributed by atoms with Gasteiger partial charge in [-0.25, -0.2) is 0 Å². The molecular weight excluding hydrogens is 308 g/mol. The van der Waals surface area contributed by atoms with Crippen molar-refractivity contribution >= 4 is 17.3 Å². The van der Waals surface area contributed by atoms with Gasteiger partial charge in [-0.05, 0) is 49.6 Å². The van der Waals surface area contributed by atoms with Gasteiger partial charge in [0, 0.05) is 18.2 Å². The van der Waals surface area contributed by atoms with E-state index < -0.39 is 4.92 Å². The predicted molar refractivity (Wildman–Crippen MR) is 92.4 cm³/mol. The van der Waals surface area contributed by atoms with Crippen molar-refractivity contribution in [2.45, 2.75) is 26.7 Å². The molecule has 0 atom stereocenters. The van der Waals surface area contributed by atoms with Gasteiger partial charge in [-0.3, -0.25) is 14.9 Å². The van der Waals surface area contributed by atoms with E-state index in [9.17, 15) is 14.9 Å². The highest BCUT2D eigenvalue weighted by molar-refractivity contribution is 5.90. The van der Waals surface area contributed by atoms with Gasteiger partial charge in [0.05, 0.1) is 11.5 Å². The smallest absolute Gasteiger partial charge is 0.310 e. The lowest BCUT2D eigenvalue weighted by Gasteiger charge is -2.08. The second-order valence-corrected chi connectivity index (χ2v) is 5.60. The van der Waals surface area contributed by atoms with Gasteiger partial charge in [-0.1, -0.05) is 18.2 Å². The van der Waals surface area contributed by atoms with Crippen LogP contribution in [-0.4, -0.2) is 17.4 Å². The number of hydrogen-bond acceptors (Lipinski definition) is 4. The quantitative estimate of drug-likeness (QED) is 0.473. The lowest BCUT2D eigenvalue weighted by molar-refractivity contribution is -0.385. The van der Waals surface area contributed by atoms with Crippen molar-refractivity contribution in [2.75, 3.05) is 11.9 Å². The highest BCUT2D eigenvalue weighted by Crippen LogP contribution is 2.25. The Balaban J connectivity index is 1.80. The van der Waals surface area contributed by atoms with Gasteiger partial charge < -0.3 is 10.1 Å². The molecule has 2 aromatic carbocycles. The van der Waals surface area contributed by atoms with Crippen LogP contribution in [0, 0.1) is 24.0 Å². The van der Waals surface area contributed by atoms with Gasteiger partial charge in [0.2, 0.25) is 5.91 Å². The van der Waals surface area contributed by atoms with Crippen molar-refractivity contribution in [1.29, 1.82) is 0 Å². The molecule has 24 heavy (non-hydrogen) atoms. The number of para-hydroxylation sites is 2. The molecule has 2 aromatic rings. The van der Waals surface area contributed by atoms with E-state index in [0.717, 1.165) is 16.8 Å². The number of nitrogens with one attached hydrogen (secondary N) is 1. The maximum absolute atomic E-state index is 11.9. The average molecular weight is 328 g/mol. The van der Waals surface area contributed by atoms with Crippen LogP contribution in [0.5, 0.6) is 5.75 Å². The normalized spacial score (nSPS) is 10.2. The molecule has 0 unspecified atom stereocenters. The fourth-order valence-electron chi connectivity index (χ4n) is 2.42. The van der Waals surface area contributed by atoms with Crippen molar-refractivity contribution in [3.8, 4) is 5.75 Å². The zero-order valence-electron chi connectivity index (χ0n) is 13.7. The van der Waals surface area contributed by atoms with E-state index in [1.54, 1.807) is 18.2 Å². The van der Waals surface area contributed by atoms with E-state index in [4.69, 9.17) is 4.74 Å². The summed E-state index contributed by atoms with van der Waals surface area (Å²) in [5, 5.41) is 13.7. The van der Waals surface area contributed by atoms with E-state index in [2.05, 4.69) is 5.32 Å². The monoisotopic (exact) mass is 328 g/mol. The molecule has 1 amide bonds. The Morgan fingerprint density at radius 1 is 1.17 bits per heavy atom. The predicted octanol–water partition coefficient (Wildman–Crippen LogP) is 4.01. The van der Waals surface area contributed by atoms with Crippen LogP contribution in [0.2, 0.25) is 0 Å². The summed E-state index contributed by atoms with van der Waals surface area (Å²) >= 11 is 0. The molecule has 0 aromatic heterocycles. The molecular formula is C18H20N2O4. The molecule has 0 fully saturated rings. The van der Waals surface area contributed by atoms with Crippen molar-refractivity contribution in [1.82, 2.24) is 0 Å². The summed E-state index contributed by atoms with van der Waals surface area (Å²) in [6.07, 6.45) is 0.760. The van der Waals surface area contributed by atoms with Crippen molar-refractivity contribution in [3.05, 3.63) is 63.7 Å². The number of anilines is 1. The molecule has 6 nitrogen and oxygen atoms in total. The van der Waals surface area contributed by atoms with E-state index in [1.807, 2.05) is 32.0 Å². The van der Waals surface area contributed by atoms with Crippen LogP contribution in [-0.2, 0) is 4.79 Å². The largest absolute Gasteiger partial charge is 0.487 e. The van der Waals surface area contributed by atoms with E-state index >= 15 is 0 Å². The molecule has 0 aliphatic heterocycles. The zero-order chi connectivity index (χ0) is 17.5. The Kier molecular flexibility index (Phi) is 5.89. The summed E-state index contributed by atoms with van der Waals surface area (Å²) in [6, 6.07) is 12.1. The summed E-state index contributed by atoms with van der Waals surface area (Å²) < 4.78 is 5.42. The second-order valence-electron chi connectivity index (χ2n) is 5.60. The SMILES string of the molecule is Cc1cc(C)cc(NC(=O)CCCOc2ccccc2[N+](=O)[O-])c1. The molecule has 0 aliphatic carbocycles. The van der Waals surface area contributed by atoms with Gasteiger partial charge in [-0.15, -0.1) is 0 Å². The molecule has 1 N–H and O–H groups in total. The van der Waals surface area contributed by atoms with Crippen molar-refractivity contribution in [3.63, 3.8) is 0 Å². The summed E-state index contributed by atoms with van der Waals surface area (Å²) in [6.45, 7) is 4.19. The highest BCUT2D eigenvalue weighted by atomic mass is 16.6. The number of carbonyl (C=O) groups excluding carboxylic acids is 1. The third-order valence-corrected chi connectivity index (χ3v) is 3.37. The minimum absolute atomic E-state index is 0.0720. The first-order valence-corrected chi connectivity index (χ1v) is 7.70. The third kappa shape index (κ3) is 5.08. The van der Waals surface area contributed by atoms with Gasteiger partial charge >= 0.3 is 5.69 Å². The molecule has 0 heterocycles. The van der Waals surface area contributed by atoms with Gasteiger partial charge in [0.1, 0.15) is 0 Å². The first kappa shape index (κ1) is 17.5. The summed E-state index contributed by atoms with van der Waals surface area (Å²) in [5.41, 5.74) is 2.88. The number of nitro groups is 1. The maximum atomic E-state index is 11.9. The number of nitrogens with zero attached hydrogens (tertiary/aromatic N) is 1. The van der Waals surface area contributed by atoms with E-state index in [0.29, 0.717) is 6.42 Å². The van der Waals surface area contributed by atoms with E-state index in [-0.39, 0.29) is 30.4 Å². The summed E-state index contributed by atoms with van der Waals surface area (Å²) in [4.78, 5) is 22.3.